The van der Waals surface area contributed by atoms with Crippen LogP contribution in [0, 0.1) is 5.92 Å². The summed E-state index contributed by atoms with van der Waals surface area (Å²) in [4.78, 5) is 11.9. The average molecular weight is 309 g/mol. The molecule has 0 radical (unpaired) electrons. The first-order chi connectivity index (χ1) is 10.5. The summed E-state index contributed by atoms with van der Waals surface area (Å²) >= 11 is 0. The van der Waals surface area contributed by atoms with Gasteiger partial charge < -0.3 is 10.1 Å². The van der Waals surface area contributed by atoms with E-state index in [9.17, 15) is 13.6 Å². The van der Waals surface area contributed by atoms with Crippen LogP contribution < -0.4 is 10.1 Å². The number of ether oxygens (including phenoxy) is 1. The van der Waals surface area contributed by atoms with Crippen LogP contribution in [-0.4, -0.2) is 18.6 Å². The number of carbonyl (C=O) groups excluding carboxylic acids is 1. The molecule has 5 heteroatoms. The third-order valence-electron chi connectivity index (χ3n) is 3.91. The molecule has 1 aromatic carbocycles. The summed E-state index contributed by atoms with van der Waals surface area (Å²) in [5, 5.41) is 2.96. The molecule has 0 spiro atoms. The van der Waals surface area contributed by atoms with Crippen LogP contribution in [0.4, 0.5) is 8.78 Å². The second-order valence-electron chi connectivity index (χ2n) is 5.72. The van der Waals surface area contributed by atoms with Crippen LogP contribution in [0.25, 0.3) is 6.08 Å². The molecule has 1 fully saturated rings. The van der Waals surface area contributed by atoms with Crippen molar-refractivity contribution in [2.75, 3.05) is 0 Å². The molecule has 1 N–H and O–H groups in total. The summed E-state index contributed by atoms with van der Waals surface area (Å²) in [5.41, 5.74) is 0.454. The lowest BCUT2D eigenvalue weighted by Gasteiger charge is -2.26. The summed E-state index contributed by atoms with van der Waals surface area (Å²) in [5.74, 6) is 0.585. The Morgan fingerprint density at radius 3 is 2.64 bits per heavy atom. The van der Waals surface area contributed by atoms with Crippen LogP contribution in [0.15, 0.2) is 30.3 Å². The lowest BCUT2D eigenvalue weighted by Crippen LogP contribution is -2.36. The van der Waals surface area contributed by atoms with Gasteiger partial charge in [0.15, 0.2) is 0 Å². The highest BCUT2D eigenvalue weighted by molar-refractivity contribution is 5.92. The third kappa shape index (κ3) is 5.13. The highest BCUT2D eigenvalue weighted by Crippen LogP contribution is 2.24. The van der Waals surface area contributed by atoms with Crippen molar-refractivity contribution in [2.45, 2.75) is 45.3 Å². The molecule has 0 atom stereocenters. The first kappa shape index (κ1) is 16.5. The quantitative estimate of drug-likeness (QED) is 0.835. The number of benzene rings is 1. The van der Waals surface area contributed by atoms with Gasteiger partial charge in [0.1, 0.15) is 5.75 Å². The number of hydrogen-bond acceptors (Lipinski definition) is 2. The molecule has 22 heavy (non-hydrogen) atoms. The van der Waals surface area contributed by atoms with Gasteiger partial charge in [-0.05, 0) is 43.7 Å². The topological polar surface area (TPSA) is 38.3 Å². The summed E-state index contributed by atoms with van der Waals surface area (Å²) < 4.78 is 29.1. The summed E-state index contributed by atoms with van der Waals surface area (Å²) in [7, 11) is 0. The van der Waals surface area contributed by atoms with E-state index in [-0.39, 0.29) is 17.7 Å². The molecular formula is C17H21F2NO2. The molecular weight excluding hydrogens is 288 g/mol. The predicted molar refractivity (Wildman–Crippen MR) is 81.7 cm³/mol. The molecule has 0 unspecified atom stereocenters. The smallest absolute Gasteiger partial charge is 0.387 e. The Morgan fingerprint density at radius 1 is 1.27 bits per heavy atom. The molecule has 1 aromatic rings. The van der Waals surface area contributed by atoms with Gasteiger partial charge in [0.2, 0.25) is 5.91 Å². The minimum Gasteiger partial charge on any atom is -0.434 e. The standard InChI is InChI=1S/C17H21F2NO2/c1-12-6-9-14(10-7-12)20-16(21)11-8-13-4-2-3-5-15(13)22-17(18)19/h2-5,8,11-12,14,17H,6-7,9-10H2,1H3,(H,20,21)/b11-8+. The van der Waals surface area contributed by atoms with E-state index in [0.29, 0.717) is 5.56 Å². The largest absolute Gasteiger partial charge is 0.434 e. The van der Waals surface area contributed by atoms with Crippen molar-refractivity contribution in [2.24, 2.45) is 5.92 Å². The molecule has 120 valence electrons. The van der Waals surface area contributed by atoms with E-state index in [1.54, 1.807) is 18.2 Å². The van der Waals surface area contributed by atoms with Gasteiger partial charge in [-0.1, -0.05) is 25.1 Å². The number of carbonyl (C=O) groups is 1. The molecule has 0 aliphatic heterocycles. The van der Waals surface area contributed by atoms with E-state index >= 15 is 0 Å². The fourth-order valence-electron chi connectivity index (χ4n) is 2.64. The maximum Gasteiger partial charge on any atom is 0.387 e. The lowest BCUT2D eigenvalue weighted by atomic mass is 9.87. The summed E-state index contributed by atoms with van der Waals surface area (Å²) in [6.07, 6.45) is 7.10. The Labute approximate surface area is 129 Å². The number of amides is 1. The van der Waals surface area contributed by atoms with Crippen molar-refractivity contribution < 1.29 is 18.3 Å². The van der Waals surface area contributed by atoms with Crippen molar-refractivity contribution in [3.63, 3.8) is 0 Å². The summed E-state index contributed by atoms with van der Waals surface area (Å²) in [6.45, 7) is -0.662. The first-order valence-corrected chi connectivity index (χ1v) is 7.57. The molecule has 0 heterocycles. The predicted octanol–water partition coefficient (Wildman–Crippen LogP) is 4.00. The van der Waals surface area contributed by atoms with E-state index in [1.807, 2.05) is 0 Å². The lowest BCUT2D eigenvalue weighted by molar-refractivity contribution is -0.117. The van der Waals surface area contributed by atoms with Gasteiger partial charge in [-0.25, -0.2) is 0 Å². The molecule has 1 aliphatic rings. The van der Waals surface area contributed by atoms with Gasteiger partial charge in [0.05, 0.1) is 0 Å². The Morgan fingerprint density at radius 2 is 1.95 bits per heavy atom. The van der Waals surface area contributed by atoms with Crippen LogP contribution in [0.3, 0.4) is 0 Å². The zero-order valence-corrected chi connectivity index (χ0v) is 12.6. The number of hydrogen-bond donors (Lipinski definition) is 1. The Balaban J connectivity index is 1.92. The third-order valence-corrected chi connectivity index (χ3v) is 3.91. The first-order valence-electron chi connectivity index (χ1n) is 7.57. The second kappa shape index (κ2) is 7.92. The number of halogens is 2. The molecule has 0 saturated heterocycles. The molecule has 1 saturated carbocycles. The fourth-order valence-corrected chi connectivity index (χ4v) is 2.64. The minimum atomic E-state index is -2.88. The van der Waals surface area contributed by atoms with Crippen LogP contribution in [0.1, 0.15) is 38.2 Å². The zero-order chi connectivity index (χ0) is 15.9. The Kier molecular flexibility index (Phi) is 5.92. The Bertz CT molecular complexity index is 523. The van der Waals surface area contributed by atoms with Crippen molar-refractivity contribution in [1.29, 1.82) is 0 Å². The van der Waals surface area contributed by atoms with E-state index in [4.69, 9.17) is 0 Å². The average Bonchev–Trinajstić information content (AvgIpc) is 2.48. The van der Waals surface area contributed by atoms with E-state index in [1.165, 1.54) is 18.2 Å². The molecule has 2 rings (SSSR count). The van der Waals surface area contributed by atoms with Crippen LogP contribution in [0.5, 0.6) is 5.75 Å². The molecule has 1 aliphatic carbocycles. The molecule has 3 nitrogen and oxygen atoms in total. The van der Waals surface area contributed by atoms with Gasteiger partial charge >= 0.3 is 6.61 Å². The van der Waals surface area contributed by atoms with Gasteiger partial charge in [0, 0.05) is 17.7 Å². The Hall–Kier alpha value is -1.91. The fraction of sp³-hybridized carbons (Fsp3) is 0.471. The second-order valence-corrected chi connectivity index (χ2v) is 5.72. The van der Waals surface area contributed by atoms with E-state index < -0.39 is 6.61 Å². The number of nitrogens with one attached hydrogen (secondary N) is 1. The normalized spacial score (nSPS) is 22.0. The minimum absolute atomic E-state index is 0.0630. The van der Waals surface area contributed by atoms with Crippen LogP contribution in [0.2, 0.25) is 0 Å². The molecule has 1 amide bonds. The highest BCUT2D eigenvalue weighted by Gasteiger charge is 2.18. The van der Waals surface area contributed by atoms with Crippen molar-refractivity contribution in [3.8, 4) is 5.75 Å². The van der Waals surface area contributed by atoms with Crippen LogP contribution in [-0.2, 0) is 4.79 Å². The number of rotatable bonds is 5. The molecule has 0 aromatic heterocycles. The van der Waals surface area contributed by atoms with Crippen LogP contribution >= 0.6 is 0 Å². The van der Waals surface area contributed by atoms with Crippen molar-refractivity contribution in [1.82, 2.24) is 5.32 Å². The van der Waals surface area contributed by atoms with E-state index in [0.717, 1.165) is 31.6 Å². The van der Waals surface area contributed by atoms with Gasteiger partial charge in [0.25, 0.3) is 0 Å². The maximum absolute atomic E-state index is 12.3. The maximum atomic E-state index is 12.3. The zero-order valence-electron chi connectivity index (χ0n) is 12.6. The van der Waals surface area contributed by atoms with Crippen molar-refractivity contribution in [3.05, 3.63) is 35.9 Å². The molecule has 0 bridgehead atoms. The van der Waals surface area contributed by atoms with Gasteiger partial charge in [-0.2, -0.15) is 8.78 Å². The number of para-hydroxylation sites is 1. The highest BCUT2D eigenvalue weighted by atomic mass is 19.3. The number of alkyl halides is 2. The van der Waals surface area contributed by atoms with Crippen molar-refractivity contribution >= 4 is 12.0 Å². The SMILES string of the molecule is CC1CCC(NC(=O)/C=C/c2ccccc2OC(F)F)CC1. The van der Waals surface area contributed by atoms with Gasteiger partial charge in [-0.3, -0.25) is 4.79 Å². The monoisotopic (exact) mass is 309 g/mol. The van der Waals surface area contributed by atoms with E-state index in [2.05, 4.69) is 17.0 Å². The van der Waals surface area contributed by atoms with Gasteiger partial charge in [-0.15, -0.1) is 0 Å². The summed E-state index contributed by atoms with van der Waals surface area (Å²) in [6, 6.07) is 6.60.